The predicted octanol–water partition coefficient (Wildman–Crippen LogP) is 1.44. The molecule has 0 radical (unpaired) electrons. The molecule has 0 aliphatic carbocycles. The van der Waals surface area contributed by atoms with Gasteiger partial charge in [-0.3, -0.25) is 0 Å². The molecule has 0 bridgehead atoms. The second-order valence-electron chi connectivity index (χ2n) is 3.69. The lowest BCUT2D eigenvalue weighted by molar-refractivity contribution is 0.492. The largest absolute Gasteiger partial charge is 0.423 e. The van der Waals surface area contributed by atoms with Crippen LogP contribution in [0.3, 0.4) is 0 Å². The van der Waals surface area contributed by atoms with E-state index in [2.05, 4.69) is 0 Å². The minimum Gasteiger partial charge on any atom is -0.423 e. The van der Waals surface area contributed by atoms with Crippen LogP contribution in [0.15, 0.2) is 33.5 Å². The van der Waals surface area contributed by atoms with Crippen molar-refractivity contribution in [1.82, 2.24) is 0 Å². The van der Waals surface area contributed by atoms with Crippen LogP contribution >= 0.6 is 0 Å². The lowest BCUT2D eigenvalue weighted by Gasteiger charge is -2.05. The summed E-state index contributed by atoms with van der Waals surface area (Å²) in [5, 5.41) is 0.644. The molecule has 1 heterocycles. The quantitative estimate of drug-likeness (QED) is 0.599. The van der Waals surface area contributed by atoms with Gasteiger partial charge in [0.05, 0.1) is 6.26 Å². The fraction of sp³-hybridized carbons (Fsp3) is 0.182. The van der Waals surface area contributed by atoms with E-state index >= 15 is 0 Å². The maximum absolute atomic E-state index is 11.1. The second-order valence-corrected chi connectivity index (χ2v) is 5.27. The molecule has 0 amide bonds. The van der Waals surface area contributed by atoms with E-state index in [1.54, 1.807) is 6.92 Å². The van der Waals surface area contributed by atoms with Crippen molar-refractivity contribution in [2.75, 3.05) is 6.26 Å². The van der Waals surface area contributed by atoms with Crippen molar-refractivity contribution in [3.05, 3.63) is 40.2 Å². The Kier molecular flexibility index (Phi) is 2.66. The van der Waals surface area contributed by atoms with Gasteiger partial charge in [-0.25, -0.2) is 4.79 Å². The Morgan fingerprint density at radius 3 is 2.59 bits per heavy atom. The zero-order valence-corrected chi connectivity index (χ0v) is 10.1. The minimum absolute atomic E-state index is 0.192. The van der Waals surface area contributed by atoms with Crippen molar-refractivity contribution in [3.63, 3.8) is 0 Å². The van der Waals surface area contributed by atoms with E-state index in [0.717, 1.165) is 6.26 Å². The first kappa shape index (κ1) is 11.7. The van der Waals surface area contributed by atoms with Crippen LogP contribution in [-0.4, -0.2) is 14.7 Å². The Hall–Kier alpha value is -1.82. The third-order valence-corrected chi connectivity index (χ3v) is 2.66. The second kappa shape index (κ2) is 3.89. The molecule has 17 heavy (non-hydrogen) atoms. The molecule has 0 aliphatic rings. The van der Waals surface area contributed by atoms with Gasteiger partial charge in [-0.2, -0.15) is 8.42 Å². The number of hydrogen-bond donors (Lipinski definition) is 0. The maximum Gasteiger partial charge on any atom is 0.336 e. The first-order valence-electron chi connectivity index (χ1n) is 4.79. The molecule has 0 atom stereocenters. The number of aryl methyl sites for hydroxylation is 1. The average Bonchev–Trinajstić information content (AvgIpc) is 2.16. The maximum atomic E-state index is 11.1. The van der Waals surface area contributed by atoms with E-state index in [1.165, 1.54) is 24.3 Å². The van der Waals surface area contributed by atoms with Gasteiger partial charge < -0.3 is 8.60 Å². The van der Waals surface area contributed by atoms with Crippen LogP contribution in [-0.2, 0) is 10.1 Å². The summed E-state index contributed by atoms with van der Waals surface area (Å²) in [5.41, 5.74) is 0.665. The van der Waals surface area contributed by atoms with Crippen LogP contribution in [0.5, 0.6) is 5.75 Å². The van der Waals surface area contributed by atoms with Gasteiger partial charge in [-0.05, 0) is 30.7 Å². The van der Waals surface area contributed by atoms with Crippen molar-refractivity contribution < 1.29 is 17.0 Å². The fourth-order valence-electron chi connectivity index (χ4n) is 1.53. The molecular formula is C11H10O5S. The highest BCUT2D eigenvalue weighted by Crippen LogP contribution is 2.23. The number of rotatable bonds is 2. The number of fused-ring (bicyclic) bond motifs is 1. The van der Waals surface area contributed by atoms with Crippen LogP contribution in [0.2, 0.25) is 0 Å². The minimum atomic E-state index is -3.56. The summed E-state index contributed by atoms with van der Waals surface area (Å²) in [7, 11) is -3.56. The molecule has 0 aliphatic heterocycles. The van der Waals surface area contributed by atoms with E-state index in [9.17, 15) is 13.2 Å². The van der Waals surface area contributed by atoms with Crippen LogP contribution in [0, 0.1) is 6.92 Å². The van der Waals surface area contributed by atoms with Gasteiger partial charge in [0.2, 0.25) is 0 Å². The molecule has 2 aromatic rings. The monoisotopic (exact) mass is 254 g/mol. The van der Waals surface area contributed by atoms with Crippen molar-refractivity contribution in [1.29, 1.82) is 0 Å². The summed E-state index contributed by atoms with van der Waals surface area (Å²) in [6, 6.07) is 5.80. The molecule has 0 fully saturated rings. The smallest absolute Gasteiger partial charge is 0.336 e. The van der Waals surface area contributed by atoms with Crippen molar-refractivity contribution in [2.24, 2.45) is 0 Å². The molecule has 0 N–H and O–H groups in total. The molecule has 0 spiro atoms. The average molecular weight is 254 g/mol. The zero-order chi connectivity index (χ0) is 12.6. The molecule has 0 saturated heterocycles. The number of benzene rings is 1. The molecule has 0 saturated carbocycles. The van der Waals surface area contributed by atoms with Gasteiger partial charge in [0.1, 0.15) is 11.3 Å². The summed E-state index contributed by atoms with van der Waals surface area (Å²) in [6.45, 7) is 1.74. The highest BCUT2D eigenvalue weighted by molar-refractivity contribution is 7.86. The van der Waals surface area contributed by atoms with E-state index < -0.39 is 15.7 Å². The predicted molar refractivity (Wildman–Crippen MR) is 62.7 cm³/mol. The first-order valence-corrected chi connectivity index (χ1v) is 6.61. The molecule has 5 nitrogen and oxygen atoms in total. The molecule has 2 rings (SSSR count). The summed E-state index contributed by atoms with van der Waals surface area (Å²) in [4.78, 5) is 11.1. The lowest BCUT2D eigenvalue weighted by atomic mass is 10.1. The first-order chi connectivity index (χ1) is 7.85. The van der Waals surface area contributed by atoms with E-state index in [1.807, 2.05) is 0 Å². The summed E-state index contributed by atoms with van der Waals surface area (Å²) >= 11 is 0. The van der Waals surface area contributed by atoms with Crippen LogP contribution < -0.4 is 9.81 Å². The Labute approximate surface area is 97.8 Å². The Balaban J connectivity index is 2.62. The van der Waals surface area contributed by atoms with Gasteiger partial charge >= 0.3 is 15.7 Å². The van der Waals surface area contributed by atoms with E-state index in [0.29, 0.717) is 16.5 Å². The molecule has 0 unspecified atom stereocenters. The Bertz CT molecular complexity index is 727. The Morgan fingerprint density at radius 2 is 1.94 bits per heavy atom. The lowest BCUT2D eigenvalue weighted by Crippen LogP contribution is -2.06. The van der Waals surface area contributed by atoms with Crippen LogP contribution in [0.1, 0.15) is 5.56 Å². The van der Waals surface area contributed by atoms with Crippen molar-refractivity contribution in [3.8, 4) is 5.75 Å². The molecule has 90 valence electrons. The van der Waals surface area contributed by atoms with Crippen LogP contribution in [0.4, 0.5) is 0 Å². The van der Waals surface area contributed by atoms with Gasteiger partial charge in [-0.1, -0.05) is 0 Å². The third-order valence-electron chi connectivity index (χ3n) is 2.17. The molecular weight excluding hydrogens is 244 g/mol. The third kappa shape index (κ3) is 2.65. The summed E-state index contributed by atoms with van der Waals surface area (Å²) < 4.78 is 31.7. The topological polar surface area (TPSA) is 73.6 Å². The number of hydrogen-bond acceptors (Lipinski definition) is 5. The standard InChI is InChI=1S/C11H10O5S/c1-7-5-11(12)15-10-4-3-8(6-9(7)10)16-17(2,13)14/h3-6H,1-2H3. The Morgan fingerprint density at radius 1 is 1.24 bits per heavy atom. The normalized spacial score (nSPS) is 11.6. The highest BCUT2D eigenvalue weighted by atomic mass is 32.2. The van der Waals surface area contributed by atoms with Crippen molar-refractivity contribution in [2.45, 2.75) is 6.92 Å². The SMILES string of the molecule is Cc1cc(=O)oc2ccc(OS(C)(=O)=O)cc12. The van der Waals surface area contributed by atoms with E-state index in [-0.39, 0.29) is 5.75 Å². The fourth-order valence-corrected chi connectivity index (χ4v) is 1.98. The van der Waals surface area contributed by atoms with Gasteiger partial charge in [0.25, 0.3) is 0 Å². The summed E-state index contributed by atoms with van der Waals surface area (Å²) in [5.74, 6) is 0.192. The van der Waals surface area contributed by atoms with Crippen molar-refractivity contribution >= 4 is 21.1 Å². The molecule has 1 aromatic heterocycles. The molecule has 6 heteroatoms. The highest BCUT2D eigenvalue weighted by Gasteiger charge is 2.07. The van der Waals surface area contributed by atoms with Gasteiger partial charge in [-0.15, -0.1) is 0 Å². The van der Waals surface area contributed by atoms with Crippen LogP contribution in [0.25, 0.3) is 11.0 Å². The van der Waals surface area contributed by atoms with Gasteiger partial charge in [0.15, 0.2) is 0 Å². The zero-order valence-electron chi connectivity index (χ0n) is 9.26. The van der Waals surface area contributed by atoms with Gasteiger partial charge in [0, 0.05) is 11.5 Å². The molecule has 1 aromatic carbocycles. The van der Waals surface area contributed by atoms with E-state index in [4.69, 9.17) is 8.60 Å². The summed E-state index contributed by atoms with van der Waals surface area (Å²) in [6.07, 6.45) is 0.967.